The molecule has 7 heteroatoms. The molecule has 2 fully saturated rings. The molecular formula is C15H17BrN2O4. The summed E-state index contributed by atoms with van der Waals surface area (Å²) in [7, 11) is 1.57. The number of methoxy groups -OCH3 is 1. The van der Waals surface area contributed by atoms with Crippen molar-refractivity contribution in [1.29, 1.82) is 0 Å². The van der Waals surface area contributed by atoms with Crippen LogP contribution in [-0.4, -0.2) is 49.2 Å². The number of amides is 2. The van der Waals surface area contributed by atoms with E-state index in [0.29, 0.717) is 30.4 Å². The van der Waals surface area contributed by atoms with Gasteiger partial charge >= 0.3 is 6.09 Å². The molecule has 1 unspecified atom stereocenters. The number of carbonyl (C=O) groups excluding carboxylic acids is 2. The lowest BCUT2D eigenvalue weighted by Crippen LogP contribution is -2.35. The quantitative estimate of drug-likeness (QED) is 0.864. The van der Waals surface area contributed by atoms with E-state index in [1.54, 1.807) is 30.2 Å². The zero-order valence-corrected chi connectivity index (χ0v) is 13.8. The first kappa shape index (κ1) is 15.1. The minimum atomic E-state index is -0.279. The van der Waals surface area contributed by atoms with Crippen LogP contribution in [0.25, 0.3) is 0 Å². The Hall–Kier alpha value is -1.76. The molecular weight excluding hydrogens is 352 g/mol. The fraction of sp³-hybridized carbons (Fsp3) is 0.467. The Balaban J connectivity index is 1.54. The Labute approximate surface area is 136 Å². The van der Waals surface area contributed by atoms with E-state index in [1.165, 1.54) is 0 Å². The summed E-state index contributed by atoms with van der Waals surface area (Å²) in [6.45, 7) is 0.869. The van der Waals surface area contributed by atoms with E-state index in [0.717, 1.165) is 17.3 Å². The van der Waals surface area contributed by atoms with Gasteiger partial charge in [0.15, 0.2) is 0 Å². The maximum Gasteiger partial charge on any atom is 0.410 e. The Kier molecular flexibility index (Phi) is 4.24. The minimum absolute atomic E-state index is 0.204. The molecule has 1 aromatic rings. The first-order chi connectivity index (χ1) is 10.6. The van der Waals surface area contributed by atoms with Gasteiger partial charge in [0.05, 0.1) is 24.7 Å². The SMILES string of the molecule is COc1ccc(C(=O)NCC2CN(C3CC3)C(=O)O2)cc1Br. The van der Waals surface area contributed by atoms with E-state index in [9.17, 15) is 9.59 Å². The largest absolute Gasteiger partial charge is 0.496 e. The monoisotopic (exact) mass is 368 g/mol. The Morgan fingerprint density at radius 2 is 2.27 bits per heavy atom. The summed E-state index contributed by atoms with van der Waals surface area (Å²) in [5.74, 6) is 0.464. The second-order valence-corrected chi connectivity index (χ2v) is 6.30. The lowest BCUT2D eigenvalue weighted by Gasteiger charge is -2.12. The normalized spacial score (nSPS) is 20.7. The van der Waals surface area contributed by atoms with Gasteiger partial charge in [-0.05, 0) is 47.0 Å². The highest BCUT2D eigenvalue weighted by atomic mass is 79.9. The molecule has 1 aliphatic carbocycles. The van der Waals surface area contributed by atoms with Crippen LogP contribution < -0.4 is 10.1 Å². The Morgan fingerprint density at radius 3 is 2.91 bits per heavy atom. The third kappa shape index (κ3) is 3.19. The highest BCUT2D eigenvalue weighted by molar-refractivity contribution is 9.10. The fourth-order valence-electron chi connectivity index (χ4n) is 2.45. The highest BCUT2D eigenvalue weighted by Crippen LogP contribution is 2.30. The van der Waals surface area contributed by atoms with Crippen LogP contribution >= 0.6 is 15.9 Å². The highest BCUT2D eigenvalue weighted by Gasteiger charge is 2.40. The number of hydrogen-bond donors (Lipinski definition) is 1. The van der Waals surface area contributed by atoms with Crippen LogP contribution in [0, 0.1) is 0 Å². The number of ether oxygens (including phenoxy) is 2. The zero-order valence-electron chi connectivity index (χ0n) is 12.2. The van der Waals surface area contributed by atoms with Gasteiger partial charge in [-0.2, -0.15) is 0 Å². The van der Waals surface area contributed by atoms with Crippen LogP contribution in [0.4, 0.5) is 4.79 Å². The third-order valence-corrected chi connectivity index (χ3v) is 4.41. The molecule has 22 heavy (non-hydrogen) atoms. The maximum atomic E-state index is 12.1. The summed E-state index contributed by atoms with van der Waals surface area (Å²) in [5.41, 5.74) is 0.524. The third-order valence-electron chi connectivity index (χ3n) is 3.79. The number of nitrogens with one attached hydrogen (secondary N) is 1. The van der Waals surface area contributed by atoms with Crippen molar-refractivity contribution >= 4 is 27.9 Å². The van der Waals surface area contributed by atoms with Gasteiger partial charge in [0.25, 0.3) is 5.91 Å². The van der Waals surface area contributed by atoms with Crippen molar-refractivity contribution in [2.75, 3.05) is 20.2 Å². The molecule has 0 bridgehead atoms. The van der Waals surface area contributed by atoms with Crippen molar-refractivity contribution in [2.45, 2.75) is 25.0 Å². The first-order valence-corrected chi connectivity index (χ1v) is 7.97. The number of halogens is 1. The summed E-state index contributed by atoms with van der Waals surface area (Å²) in [4.78, 5) is 25.6. The van der Waals surface area contributed by atoms with E-state index in [-0.39, 0.29) is 18.1 Å². The topological polar surface area (TPSA) is 67.9 Å². The first-order valence-electron chi connectivity index (χ1n) is 7.17. The molecule has 1 saturated heterocycles. The summed E-state index contributed by atoms with van der Waals surface area (Å²) < 4.78 is 11.1. The van der Waals surface area contributed by atoms with Crippen molar-refractivity contribution in [3.8, 4) is 5.75 Å². The number of rotatable bonds is 5. The standard InChI is InChI=1S/C15H17BrN2O4/c1-21-13-5-2-9(6-12(13)16)14(19)17-7-11-8-18(10-3-4-10)15(20)22-11/h2,5-6,10-11H,3-4,7-8H2,1H3,(H,17,19). The predicted molar refractivity (Wildman–Crippen MR) is 83.0 cm³/mol. The molecule has 2 aliphatic rings. The smallest absolute Gasteiger partial charge is 0.410 e. The van der Waals surface area contributed by atoms with Crippen LogP contribution in [0.1, 0.15) is 23.2 Å². The van der Waals surface area contributed by atoms with Gasteiger partial charge in [0.2, 0.25) is 0 Å². The van der Waals surface area contributed by atoms with Gasteiger partial charge in [-0.3, -0.25) is 4.79 Å². The molecule has 1 saturated carbocycles. The number of carbonyl (C=O) groups is 2. The molecule has 0 aromatic heterocycles. The molecule has 118 valence electrons. The van der Waals surface area contributed by atoms with Crippen LogP contribution in [0.15, 0.2) is 22.7 Å². The average molecular weight is 369 g/mol. The molecule has 3 rings (SSSR count). The zero-order chi connectivity index (χ0) is 15.7. The van der Waals surface area contributed by atoms with Crippen LogP contribution in [0.5, 0.6) is 5.75 Å². The van der Waals surface area contributed by atoms with Crippen LogP contribution in [-0.2, 0) is 4.74 Å². The van der Waals surface area contributed by atoms with E-state index in [2.05, 4.69) is 21.2 Å². The number of benzene rings is 1. The molecule has 6 nitrogen and oxygen atoms in total. The van der Waals surface area contributed by atoms with Crippen molar-refractivity contribution in [2.24, 2.45) is 0 Å². The Morgan fingerprint density at radius 1 is 1.50 bits per heavy atom. The van der Waals surface area contributed by atoms with Gasteiger partial charge in [0.1, 0.15) is 11.9 Å². The molecule has 2 amide bonds. The van der Waals surface area contributed by atoms with Gasteiger partial charge in [-0.1, -0.05) is 0 Å². The second-order valence-electron chi connectivity index (χ2n) is 5.45. The summed E-state index contributed by atoms with van der Waals surface area (Å²) >= 11 is 3.35. The van der Waals surface area contributed by atoms with E-state index in [4.69, 9.17) is 9.47 Å². The van der Waals surface area contributed by atoms with Crippen molar-refractivity contribution < 1.29 is 19.1 Å². The van der Waals surface area contributed by atoms with Gasteiger partial charge < -0.3 is 19.7 Å². The number of cyclic esters (lactones) is 1. The second kappa shape index (κ2) is 6.16. The predicted octanol–water partition coefficient (Wildman–Crippen LogP) is 2.17. The molecule has 0 radical (unpaired) electrons. The molecule has 1 aromatic carbocycles. The van der Waals surface area contributed by atoms with E-state index >= 15 is 0 Å². The lowest BCUT2D eigenvalue weighted by molar-refractivity contribution is 0.0914. The van der Waals surface area contributed by atoms with Crippen molar-refractivity contribution in [3.63, 3.8) is 0 Å². The summed E-state index contributed by atoms with van der Waals surface area (Å²) in [5, 5.41) is 2.80. The molecule has 0 spiro atoms. The Bertz CT molecular complexity index is 603. The van der Waals surface area contributed by atoms with E-state index < -0.39 is 0 Å². The summed E-state index contributed by atoms with van der Waals surface area (Å²) in [6.07, 6.45) is 1.55. The molecule has 1 aliphatic heterocycles. The molecule has 1 atom stereocenters. The lowest BCUT2D eigenvalue weighted by atomic mass is 10.2. The van der Waals surface area contributed by atoms with Crippen LogP contribution in [0.2, 0.25) is 0 Å². The molecule has 1 N–H and O–H groups in total. The number of nitrogens with zero attached hydrogens (tertiary/aromatic N) is 1. The van der Waals surface area contributed by atoms with Crippen molar-refractivity contribution in [3.05, 3.63) is 28.2 Å². The average Bonchev–Trinajstić information content (AvgIpc) is 3.28. The van der Waals surface area contributed by atoms with Crippen molar-refractivity contribution in [1.82, 2.24) is 10.2 Å². The van der Waals surface area contributed by atoms with Gasteiger partial charge in [0, 0.05) is 11.6 Å². The van der Waals surface area contributed by atoms with E-state index in [1.807, 2.05) is 0 Å². The molecule has 1 heterocycles. The summed E-state index contributed by atoms with van der Waals surface area (Å²) in [6, 6.07) is 5.45. The fourth-order valence-corrected chi connectivity index (χ4v) is 2.99. The number of hydrogen-bond acceptors (Lipinski definition) is 4. The van der Waals surface area contributed by atoms with Crippen LogP contribution in [0.3, 0.4) is 0 Å². The van der Waals surface area contributed by atoms with Gasteiger partial charge in [-0.25, -0.2) is 4.79 Å². The minimum Gasteiger partial charge on any atom is -0.496 e. The maximum absolute atomic E-state index is 12.1. The van der Waals surface area contributed by atoms with Gasteiger partial charge in [-0.15, -0.1) is 0 Å².